The molecular weight excluding hydrogens is 246 g/mol. The van der Waals surface area contributed by atoms with Gasteiger partial charge in [0.1, 0.15) is 0 Å². The van der Waals surface area contributed by atoms with Gasteiger partial charge in [0.05, 0.1) is 18.2 Å². The summed E-state index contributed by atoms with van der Waals surface area (Å²) in [5.41, 5.74) is 5.41. The second-order valence-corrected chi connectivity index (χ2v) is 5.67. The summed E-state index contributed by atoms with van der Waals surface area (Å²) in [5, 5.41) is 5.30. The zero-order valence-corrected chi connectivity index (χ0v) is 12.0. The van der Waals surface area contributed by atoms with Gasteiger partial charge in [-0.2, -0.15) is 0 Å². The largest absolute Gasteiger partial charge is 0.373 e. The summed E-state index contributed by atoms with van der Waals surface area (Å²) in [6, 6.07) is -0.580. The Morgan fingerprint density at radius 1 is 1.37 bits per heavy atom. The van der Waals surface area contributed by atoms with Crippen LogP contribution in [0.15, 0.2) is 0 Å². The Hall–Kier alpha value is -1.14. The van der Waals surface area contributed by atoms with Gasteiger partial charge < -0.3 is 21.1 Å². The van der Waals surface area contributed by atoms with Gasteiger partial charge in [0, 0.05) is 13.2 Å². The van der Waals surface area contributed by atoms with Gasteiger partial charge in [-0.25, -0.2) is 0 Å². The van der Waals surface area contributed by atoms with E-state index in [1.165, 1.54) is 0 Å². The van der Waals surface area contributed by atoms with Crippen molar-refractivity contribution in [1.82, 2.24) is 10.6 Å². The van der Waals surface area contributed by atoms with Gasteiger partial charge in [0.2, 0.25) is 11.8 Å². The normalized spacial score (nSPS) is 24.3. The molecule has 1 unspecified atom stereocenters. The Morgan fingerprint density at radius 2 is 2.05 bits per heavy atom. The van der Waals surface area contributed by atoms with Gasteiger partial charge >= 0.3 is 0 Å². The van der Waals surface area contributed by atoms with Crippen LogP contribution >= 0.6 is 0 Å². The average molecular weight is 271 g/mol. The number of nitrogens with two attached hydrogens (primary N) is 1. The number of hydrogen-bond donors (Lipinski definition) is 3. The second-order valence-electron chi connectivity index (χ2n) is 5.67. The van der Waals surface area contributed by atoms with Crippen molar-refractivity contribution in [2.75, 3.05) is 19.7 Å². The molecule has 1 aliphatic rings. The van der Waals surface area contributed by atoms with Crippen molar-refractivity contribution in [3.8, 4) is 0 Å². The lowest BCUT2D eigenvalue weighted by molar-refractivity contribution is -0.127. The standard InChI is InChI=1S/C13H25N3O3/c1-9(2)11(14)12(18)15-7-10(17)16-8-13(3)5-4-6-19-13/h9,11H,4-8,14H2,1-3H3,(H,15,18)(H,16,17)/t11-,13?/m0/s1. The van der Waals surface area contributed by atoms with Crippen LogP contribution in [0.1, 0.15) is 33.6 Å². The Labute approximate surface area is 114 Å². The van der Waals surface area contributed by atoms with Gasteiger partial charge in [-0.1, -0.05) is 13.8 Å². The highest BCUT2D eigenvalue weighted by atomic mass is 16.5. The van der Waals surface area contributed by atoms with E-state index in [2.05, 4.69) is 10.6 Å². The number of carbonyl (C=O) groups excluding carboxylic acids is 2. The lowest BCUT2D eigenvalue weighted by atomic mass is 10.0. The van der Waals surface area contributed by atoms with Crippen molar-refractivity contribution in [3.05, 3.63) is 0 Å². The van der Waals surface area contributed by atoms with E-state index >= 15 is 0 Å². The molecule has 6 heteroatoms. The molecule has 0 spiro atoms. The van der Waals surface area contributed by atoms with E-state index in [-0.39, 0.29) is 29.9 Å². The summed E-state index contributed by atoms with van der Waals surface area (Å²) in [5.74, 6) is -0.469. The molecule has 1 fully saturated rings. The number of ether oxygens (including phenoxy) is 1. The van der Waals surface area contributed by atoms with Crippen LogP contribution in [0.3, 0.4) is 0 Å². The molecule has 1 heterocycles. The van der Waals surface area contributed by atoms with E-state index < -0.39 is 6.04 Å². The van der Waals surface area contributed by atoms with Crippen molar-refractivity contribution < 1.29 is 14.3 Å². The summed E-state index contributed by atoms with van der Waals surface area (Å²) in [6.07, 6.45) is 1.96. The lowest BCUT2D eigenvalue weighted by Crippen LogP contribution is -2.48. The molecule has 2 atom stereocenters. The first-order valence-corrected chi connectivity index (χ1v) is 6.78. The Kier molecular flexibility index (Phi) is 5.75. The van der Waals surface area contributed by atoms with E-state index in [1.54, 1.807) is 0 Å². The molecule has 1 rings (SSSR count). The number of carbonyl (C=O) groups is 2. The fourth-order valence-electron chi connectivity index (χ4n) is 1.91. The lowest BCUT2D eigenvalue weighted by Gasteiger charge is -2.23. The SMILES string of the molecule is CC(C)[C@H](N)C(=O)NCC(=O)NCC1(C)CCCO1. The fourth-order valence-corrected chi connectivity index (χ4v) is 1.91. The predicted octanol–water partition coefficient (Wildman–Crippen LogP) is -0.229. The van der Waals surface area contributed by atoms with E-state index in [4.69, 9.17) is 10.5 Å². The van der Waals surface area contributed by atoms with Crippen molar-refractivity contribution in [1.29, 1.82) is 0 Å². The highest BCUT2D eigenvalue weighted by molar-refractivity contribution is 5.87. The number of hydrogen-bond acceptors (Lipinski definition) is 4. The van der Waals surface area contributed by atoms with Gasteiger partial charge in [0.15, 0.2) is 0 Å². The summed E-state index contributed by atoms with van der Waals surface area (Å²) < 4.78 is 5.56. The van der Waals surface area contributed by atoms with Crippen molar-refractivity contribution in [2.45, 2.75) is 45.3 Å². The van der Waals surface area contributed by atoms with Crippen LogP contribution in [0, 0.1) is 5.92 Å². The molecular formula is C13H25N3O3. The van der Waals surface area contributed by atoms with Crippen LogP contribution in [0.4, 0.5) is 0 Å². The monoisotopic (exact) mass is 271 g/mol. The summed E-state index contributed by atoms with van der Waals surface area (Å²) in [7, 11) is 0. The first kappa shape index (κ1) is 15.9. The maximum Gasteiger partial charge on any atom is 0.239 e. The fraction of sp³-hybridized carbons (Fsp3) is 0.846. The molecule has 1 saturated heterocycles. The van der Waals surface area contributed by atoms with Crippen LogP contribution in [0.2, 0.25) is 0 Å². The van der Waals surface area contributed by atoms with Crippen LogP contribution in [0.25, 0.3) is 0 Å². The maximum atomic E-state index is 11.6. The van der Waals surface area contributed by atoms with Crippen LogP contribution in [-0.4, -0.2) is 43.2 Å². The number of rotatable bonds is 6. The third-order valence-electron chi connectivity index (χ3n) is 3.40. The van der Waals surface area contributed by atoms with Crippen LogP contribution in [0.5, 0.6) is 0 Å². The molecule has 0 aromatic rings. The molecule has 0 saturated carbocycles. The second kappa shape index (κ2) is 6.86. The third kappa shape index (κ3) is 5.16. The smallest absolute Gasteiger partial charge is 0.239 e. The summed E-state index contributed by atoms with van der Waals surface area (Å²) in [6.45, 7) is 6.87. The van der Waals surface area contributed by atoms with Crippen LogP contribution in [-0.2, 0) is 14.3 Å². The predicted molar refractivity (Wildman–Crippen MR) is 72.4 cm³/mol. The molecule has 6 nitrogen and oxygen atoms in total. The van der Waals surface area contributed by atoms with E-state index in [9.17, 15) is 9.59 Å². The van der Waals surface area contributed by atoms with Gasteiger partial charge in [-0.3, -0.25) is 9.59 Å². The third-order valence-corrected chi connectivity index (χ3v) is 3.40. The van der Waals surface area contributed by atoms with Crippen molar-refractivity contribution in [2.24, 2.45) is 11.7 Å². The number of amides is 2. The van der Waals surface area contributed by atoms with E-state index in [0.717, 1.165) is 19.4 Å². The Balaban J connectivity index is 2.23. The Morgan fingerprint density at radius 3 is 2.58 bits per heavy atom. The van der Waals surface area contributed by atoms with Crippen LogP contribution < -0.4 is 16.4 Å². The molecule has 0 radical (unpaired) electrons. The van der Waals surface area contributed by atoms with Gasteiger partial charge in [0.25, 0.3) is 0 Å². The molecule has 110 valence electrons. The Bertz CT molecular complexity index is 325. The first-order valence-electron chi connectivity index (χ1n) is 6.78. The van der Waals surface area contributed by atoms with Gasteiger partial charge in [-0.05, 0) is 25.7 Å². The minimum absolute atomic E-state index is 0.0463. The quantitative estimate of drug-likeness (QED) is 0.622. The topological polar surface area (TPSA) is 93.5 Å². The molecule has 4 N–H and O–H groups in total. The van der Waals surface area contributed by atoms with E-state index in [1.807, 2.05) is 20.8 Å². The highest BCUT2D eigenvalue weighted by Gasteiger charge is 2.30. The molecule has 0 aromatic heterocycles. The molecule has 2 amide bonds. The molecule has 0 bridgehead atoms. The number of nitrogens with one attached hydrogen (secondary N) is 2. The molecule has 19 heavy (non-hydrogen) atoms. The maximum absolute atomic E-state index is 11.6. The summed E-state index contributed by atoms with van der Waals surface area (Å²) >= 11 is 0. The molecule has 0 aliphatic carbocycles. The minimum atomic E-state index is -0.580. The zero-order chi connectivity index (χ0) is 14.5. The first-order chi connectivity index (χ1) is 8.84. The summed E-state index contributed by atoms with van der Waals surface area (Å²) in [4.78, 5) is 23.2. The zero-order valence-electron chi connectivity index (χ0n) is 12.0. The molecule has 1 aliphatic heterocycles. The van der Waals surface area contributed by atoms with E-state index in [0.29, 0.717) is 6.54 Å². The minimum Gasteiger partial charge on any atom is -0.373 e. The average Bonchev–Trinajstić information content (AvgIpc) is 2.80. The molecule has 0 aromatic carbocycles. The van der Waals surface area contributed by atoms with Gasteiger partial charge in [-0.15, -0.1) is 0 Å². The van der Waals surface area contributed by atoms with Crippen molar-refractivity contribution in [3.63, 3.8) is 0 Å². The highest BCUT2D eigenvalue weighted by Crippen LogP contribution is 2.23. The van der Waals surface area contributed by atoms with Crippen molar-refractivity contribution >= 4 is 11.8 Å².